The van der Waals surface area contributed by atoms with Crippen LogP contribution < -0.4 is 10.1 Å². The van der Waals surface area contributed by atoms with E-state index in [1.54, 1.807) is 30.7 Å². The molecule has 0 aliphatic heterocycles. The molecule has 2 heterocycles. The van der Waals surface area contributed by atoms with Gasteiger partial charge in [-0.1, -0.05) is 12.1 Å². The lowest BCUT2D eigenvalue weighted by atomic mass is 10.2. The maximum Gasteiger partial charge on any atom is 0.271 e. The third kappa shape index (κ3) is 4.14. The third-order valence-corrected chi connectivity index (χ3v) is 5.01. The summed E-state index contributed by atoms with van der Waals surface area (Å²) in [5.74, 6) is 1.03. The molecule has 4 rings (SSSR count). The second-order valence-electron chi connectivity index (χ2n) is 6.03. The lowest BCUT2D eigenvalue weighted by molar-refractivity contribution is 0.0945. The molecule has 0 aliphatic carbocycles. The fourth-order valence-electron chi connectivity index (χ4n) is 2.63. The molecule has 0 atom stereocenters. The summed E-state index contributed by atoms with van der Waals surface area (Å²) in [6, 6.07) is 13.7. The molecule has 0 saturated carbocycles. The number of aromatic amines is 1. The molecule has 0 radical (unpaired) electrons. The fourth-order valence-corrected chi connectivity index (χ4v) is 3.46. The van der Waals surface area contributed by atoms with Crippen molar-refractivity contribution in [1.29, 1.82) is 0 Å². The van der Waals surface area contributed by atoms with E-state index in [0.717, 1.165) is 11.3 Å². The first-order chi connectivity index (χ1) is 14.1. The average Bonchev–Trinajstić information content (AvgIpc) is 3.42. The standard InChI is InChI=1S/C20H16FN5O2S/c1-28-13-8-6-12(7-9-13)18-24-17(25-26-18)10-22-19(27)16-11-29-20(23-16)14-4-2-3-5-15(14)21/h2-9,11H,10H2,1H3,(H,22,27)(H,24,25,26). The highest BCUT2D eigenvalue weighted by atomic mass is 32.1. The molecule has 146 valence electrons. The summed E-state index contributed by atoms with van der Waals surface area (Å²) in [5, 5.41) is 11.8. The first-order valence-corrected chi connectivity index (χ1v) is 9.56. The van der Waals surface area contributed by atoms with Gasteiger partial charge in [0.1, 0.15) is 28.1 Å². The summed E-state index contributed by atoms with van der Waals surface area (Å²) < 4.78 is 19.0. The minimum atomic E-state index is -0.374. The van der Waals surface area contributed by atoms with Crippen molar-refractivity contribution < 1.29 is 13.9 Å². The number of nitrogens with one attached hydrogen (secondary N) is 2. The van der Waals surface area contributed by atoms with Crippen molar-refractivity contribution in [3.63, 3.8) is 0 Å². The van der Waals surface area contributed by atoms with Crippen molar-refractivity contribution in [2.45, 2.75) is 6.54 Å². The molecule has 1 amide bonds. The van der Waals surface area contributed by atoms with Gasteiger partial charge in [0, 0.05) is 16.5 Å². The van der Waals surface area contributed by atoms with E-state index in [1.165, 1.54) is 17.4 Å². The Bertz CT molecular complexity index is 1140. The lowest BCUT2D eigenvalue weighted by Gasteiger charge is -2.00. The van der Waals surface area contributed by atoms with E-state index in [1.807, 2.05) is 24.3 Å². The Balaban J connectivity index is 1.40. The van der Waals surface area contributed by atoms with Crippen LogP contribution in [0.2, 0.25) is 0 Å². The van der Waals surface area contributed by atoms with Gasteiger partial charge < -0.3 is 10.1 Å². The highest BCUT2D eigenvalue weighted by Gasteiger charge is 2.15. The first-order valence-electron chi connectivity index (χ1n) is 8.68. The van der Waals surface area contributed by atoms with Crippen LogP contribution in [-0.4, -0.2) is 33.2 Å². The Kier molecular flexibility index (Phi) is 5.30. The number of aromatic nitrogens is 4. The van der Waals surface area contributed by atoms with Gasteiger partial charge in [-0.05, 0) is 36.4 Å². The second kappa shape index (κ2) is 8.19. The molecule has 0 saturated heterocycles. The van der Waals surface area contributed by atoms with Crippen LogP contribution in [-0.2, 0) is 6.54 Å². The van der Waals surface area contributed by atoms with Gasteiger partial charge in [0.15, 0.2) is 5.82 Å². The Morgan fingerprint density at radius 3 is 2.72 bits per heavy atom. The third-order valence-electron chi connectivity index (χ3n) is 4.14. The smallest absolute Gasteiger partial charge is 0.271 e. The predicted octanol–water partition coefficient (Wildman–Crippen LogP) is 3.67. The van der Waals surface area contributed by atoms with E-state index in [-0.39, 0.29) is 24.0 Å². The molecule has 0 fully saturated rings. The first kappa shape index (κ1) is 18.8. The Morgan fingerprint density at radius 1 is 1.17 bits per heavy atom. The van der Waals surface area contributed by atoms with Crippen LogP contribution in [0.25, 0.3) is 22.0 Å². The van der Waals surface area contributed by atoms with E-state index in [9.17, 15) is 9.18 Å². The molecule has 9 heteroatoms. The minimum absolute atomic E-state index is 0.161. The number of hydrogen-bond donors (Lipinski definition) is 2. The van der Waals surface area contributed by atoms with Gasteiger partial charge in [0.2, 0.25) is 0 Å². The molecule has 0 bridgehead atoms. The number of nitrogens with zero attached hydrogens (tertiary/aromatic N) is 3. The summed E-state index contributed by atoms with van der Waals surface area (Å²) in [4.78, 5) is 21.0. The van der Waals surface area contributed by atoms with Crippen molar-refractivity contribution in [3.05, 3.63) is 71.2 Å². The average molecular weight is 409 g/mol. The monoisotopic (exact) mass is 409 g/mol. The van der Waals surface area contributed by atoms with Gasteiger partial charge in [0.25, 0.3) is 5.91 Å². The molecule has 7 nitrogen and oxygen atoms in total. The normalized spacial score (nSPS) is 10.7. The van der Waals surface area contributed by atoms with Crippen molar-refractivity contribution in [2.75, 3.05) is 7.11 Å². The number of carbonyl (C=O) groups excluding carboxylic acids is 1. The molecule has 0 aliphatic rings. The van der Waals surface area contributed by atoms with Gasteiger partial charge in [-0.15, -0.1) is 11.3 Å². The molecule has 0 unspecified atom stereocenters. The van der Waals surface area contributed by atoms with E-state index in [0.29, 0.717) is 22.2 Å². The molecular weight excluding hydrogens is 393 g/mol. The number of ether oxygens (including phenoxy) is 1. The van der Waals surface area contributed by atoms with E-state index < -0.39 is 0 Å². The van der Waals surface area contributed by atoms with Crippen LogP contribution >= 0.6 is 11.3 Å². The molecule has 4 aromatic rings. The van der Waals surface area contributed by atoms with Gasteiger partial charge in [-0.2, -0.15) is 5.10 Å². The van der Waals surface area contributed by atoms with Crippen LogP contribution in [0.4, 0.5) is 4.39 Å². The van der Waals surface area contributed by atoms with E-state index in [4.69, 9.17) is 4.74 Å². The number of methoxy groups -OCH3 is 1. The van der Waals surface area contributed by atoms with Crippen LogP contribution in [0.3, 0.4) is 0 Å². The molecule has 0 spiro atoms. The molecule has 29 heavy (non-hydrogen) atoms. The Hall–Kier alpha value is -3.59. The predicted molar refractivity (Wildman–Crippen MR) is 107 cm³/mol. The number of thiazole rings is 1. The lowest BCUT2D eigenvalue weighted by Crippen LogP contribution is -2.23. The maximum atomic E-state index is 13.9. The number of benzene rings is 2. The number of rotatable bonds is 6. The summed E-state index contributed by atoms with van der Waals surface area (Å²) >= 11 is 1.21. The fraction of sp³-hybridized carbons (Fsp3) is 0.100. The number of halogens is 1. The zero-order valence-electron chi connectivity index (χ0n) is 15.3. The quantitative estimate of drug-likeness (QED) is 0.507. The highest BCUT2D eigenvalue weighted by Crippen LogP contribution is 2.26. The topological polar surface area (TPSA) is 92.8 Å². The van der Waals surface area contributed by atoms with Crippen molar-refractivity contribution in [3.8, 4) is 27.7 Å². The van der Waals surface area contributed by atoms with Crippen molar-refractivity contribution in [1.82, 2.24) is 25.5 Å². The number of hydrogen-bond acceptors (Lipinski definition) is 6. The summed E-state index contributed by atoms with van der Waals surface area (Å²) in [6.07, 6.45) is 0. The largest absolute Gasteiger partial charge is 0.497 e. The zero-order valence-corrected chi connectivity index (χ0v) is 16.2. The number of amides is 1. The Morgan fingerprint density at radius 2 is 1.97 bits per heavy atom. The van der Waals surface area contributed by atoms with E-state index >= 15 is 0 Å². The maximum absolute atomic E-state index is 13.9. The molecule has 2 aromatic heterocycles. The second-order valence-corrected chi connectivity index (χ2v) is 6.89. The van der Waals surface area contributed by atoms with Gasteiger partial charge in [-0.25, -0.2) is 14.4 Å². The van der Waals surface area contributed by atoms with Crippen LogP contribution in [0.1, 0.15) is 16.3 Å². The number of H-pyrrole nitrogens is 1. The number of carbonyl (C=O) groups is 1. The Labute approximate surface area is 169 Å². The SMILES string of the molecule is COc1ccc(-c2n[nH]c(CNC(=O)c3csc(-c4ccccc4F)n3)n2)cc1. The van der Waals surface area contributed by atoms with Crippen molar-refractivity contribution >= 4 is 17.2 Å². The van der Waals surface area contributed by atoms with Gasteiger partial charge in [-0.3, -0.25) is 9.89 Å². The van der Waals surface area contributed by atoms with Crippen LogP contribution in [0.15, 0.2) is 53.9 Å². The molecular formula is C20H16FN5O2S. The van der Waals surface area contributed by atoms with Crippen LogP contribution in [0, 0.1) is 5.82 Å². The van der Waals surface area contributed by atoms with Crippen molar-refractivity contribution in [2.24, 2.45) is 0 Å². The molecule has 2 aromatic carbocycles. The summed E-state index contributed by atoms with van der Waals surface area (Å²) in [6.45, 7) is 0.161. The molecule has 2 N–H and O–H groups in total. The summed E-state index contributed by atoms with van der Waals surface area (Å²) in [7, 11) is 1.60. The van der Waals surface area contributed by atoms with E-state index in [2.05, 4.69) is 25.5 Å². The van der Waals surface area contributed by atoms with Gasteiger partial charge in [0.05, 0.1) is 13.7 Å². The minimum Gasteiger partial charge on any atom is -0.497 e. The summed E-state index contributed by atoms with van der Waals surface area (Å²) in [5.41, 5.74) is 1.42. The van der Waals surface area contributed by atoms with Gasteiger partial charge >= 0.3 is 0 Å². The zero-order chi connectivity index (χ0) is 20.2. The highest BCUT2D eigenvalue weighted by molar-refractivity contribution is 7.13. The van der Waals surface area contributed by atoms with Crippen LogP contribution in [0.5, 0.6) is 5.75 Å².